The quantitative estimate of drug-likeness (QED) is 0.683. The Morgan fingerprint density at radius 3 is 2.43 bits per heavy atom. The number of hydrogen-bond acceptors (Lipinski definition) is 4. The van der Waals surface area contributed by atoms with Gasteiger partial charge in [-0.3, -0.25) is 14.2 Å². The van der Waals surface area contributed by atoms with Crippen molar-refractivity contribution in [3.05, 3.63) is 62.6 Å². The molecule has 7 heteroatoms. The molecule has 0 N–H and O–H groups in total. The molecule has 1 fully saturated rings. The van der Waals surface area contributed by atoms with Crippen molar-refractivity contribution in [2.75, 3.05) is 13.1 Å². The number of benzene rings is 1. The lowest BCUT2D eigenvalue weighted by atomic mass is 9.92. The number of hydrogen-bond donors (Lipinski definition) is 0. The van der Waals surface area contributed by atoms with E-state index in [4.69, 9.17) is 0 Å². The zero-order chi connectivity index (χ0) is 19.8. The van der Waals surface area contributed by atoms with E-state index in [1.54, 1.807) is 35.7 Å². The third kappa shape index (κ3) is 3.30. The summed E-state index contributed by atoms with van der Waals surface area (Å²) < 4.78 is 3.08. The Bertz CT molecular complexity index is 1120. The zero-order valence-electron chi connectivity index (χ0n) is 16.0. The number of piperidine rings is 1. The topological polar surface area (TPSA) is 64.3 Å². The first-order valence-electron chi connectivity index (χ1n) is 9.52. The van der Waals surface area contributed by atoms with Gasteiger partial charge in [0.2, 0.25) is 5.91 Å². The standard InChI is InChI=1S/C21H23N3O3S/c1-14-10-15(2)12-22(11-14)18(25)13-23-17-8-9-28-19(17)20(26)24(21(23)27)16-6-4-3-5-7-16/h3-9,14-15H,10-13H2,1-2H3/t14-,15-/m1/s1. The number of nitrogens with zero attached hydrogens (tertiary/aromatic N) is 3. The van der Waals surface area contributed by atoms with E-state index in [9.17, 15) is 14.4 Å². The maximum absolute atomic E-state index is 13.2. The molecular weight excluding hydrogens is 374 g/mol. The van der Waals surface area contributed by atoms with Crippen molar-refractivity contribution in [1.29, 1.82) is 0 Å². The van der Waals surface area contributed by atoms with Crippen molar-refractivity contribution < 1.29 is 4.79 Å². The number of thiophene rings is 1. The summed E-state index contributed by atoms with van der Waals surface area (Å²) in [5, 5.41) is 1.78. The highest BCUT2D eigenvalue weighted by molar-refractivity contribution is 7.17. The number of para-hydroxylation sites is 1. The van der Waals surface area contributed by atoms with Gasteiger partial charge in [-0.2, -0.15) is 0 Å². The number of likely N-dealkylation sites (tertiary alicyclic amines) is 1. The first-order valence-corrected chi connectivity index (χ1v) is 10.4. The highest BCUT2D eigenvalue weighted by atomic mass is 32.1. The Labute approximate surface area is 166 Å². The van der Waals surface area contributed by atoms with Gasteiger partial charge in [0.25, 0.3) is 5.56 Å². The van der Waals surface area contributed by atoms with Gasteiger partial charge in [-0.15, -0.1) is 11.3 Å². The molecule has 2 aromatic heterocycles. The molecule has 3 aromatic rings. The van der Waals surface area contributed by atoms with Crippen LogP contribution >= 0.6 is 11.3 Å². The van der Waals surface area contributed by atoms with E-state index in [-0.39, 0.29) is 18.0 Å². The van der Waals surface area contributed by atoms with Crippen LogP contribution in [-0.2, 0) is 11.3 Å². The summed E-state index contributed by atoms with van der Waals surface area (Å²) in [5.41, 5.74) is 0.214. The van der Waals surface area contributed by atoms with Crippen molar-refractivity contribution in [3.63, 3.8) is 0 Å². The Morgan fingerprint density at radius 2 is 1.75 bits per heavy atom. The SMILES string of the molecule is C[C@@H]1C[C@@H](C)CN(C(=O)Cn2c(=O)n(-c3ccccc3)c(=O)c3sccc32)C1. The maximum Gasteiger partial charge on any atom is 0.336 e. The molecule has 0 saturated carbocycles. The predicted molar refractivity (Wildman–Crippen MR) is 111 cm³/mol. The fraction of sp³-hybridized carbons (Fsp3) is 0.381. The molecule has 1 amide bonds. The van der Waals surface area contributed by atoms with Crippen LogP contribution in [-0.4, -0.2) is 33.0 Å². The van der Waals surface area contributed by atoms with Crippen LogP contribution in [0.1, 0.15) is 20.3 Å². The molecule has 1 aliphatic rings. The van der Waals surface area contributed by atoms with Crippen LogP contribution in [0.25, 0.3) is 15.9 Å². The number of rotatable bonds is 3. The molecule has 2 atom stereocenters. The third-order valence-corrected chi connectivity index (χ3v) is 6.18. The van der Waals surface area contributed by atoms with Gasteiger partial charge in [-0.1, -0.05) is 32.0 Å². The van der Waals surface area contributed by atoms with E-state index in [1.807, 2.05) is 11.0 Å². The second-order valence-corrected chi connectivity index (χ2v) is 8.64. The van der Waals surface area contributed by atoms with Crippen LogP contribution < -0.4 is 11.2 Å². The van der Waals surface area contributed by atoms with E-state index in [2.05, 4.69) is 13.8 Å². The molecule has 0 bridgehead atoms. The van der Waals surface area contributed by atoms with Gasteiger partial charge in [-0.25, -0.2) is 9.36 Å². The van der Waals surface area contributed by atoms with Gasteiger partial charge in [0, 0.05) is 13.1 Å². The average molecular weight is 398 g/mol. The van der Waals surface area contributed by atoms with Crippen LogP contribution in [0.2, 0.25) is 0 Å². The number of aromatic nitrogens is 2. The number of carbonyl (C=O) groups excluding carboxylic acids is 1. The van der Waals surface area contributed by atoms with Gasteiger partial charge in [0.05, 0.1) is 11.2 Å². The molecule has 0 unspecified atom stereocenters. The lowest BCUT2D eigenvalue weighted by Gasteiger charge is -2.35. The summed E-state index contributed by atoms with van der Waals surface area (Å²) in [4.78, 5) is 41.0. The Morgan fingerprint density at radius 1 is 1.07 bits per heavy atom. The molecule has 0 radical (unpaired) electrons. The third-order valence-electron chi connectivity index (χ3n) is 5.28. The highest BCUT2D eigenvalue weighted by Crippen LogP contribution is 2.22. The fourth-order valence-electron chi connectivity index (χ4n) is 4.15. The summed E-state index contributed by atoms with van der Waals surface area (Å²) in [7, 11) is 0. The van der Waals surface area contributed by atoms with Gasteiger partial charge >= 0.3 is 5.69 Å². The number of carbonyl (C=O) groups is 1. The van der Waals surface area contributed by atoms with Crippen LogP contribution in [0.5, 0.6) is 0 Å². The summed E-state index contributed by atoms with van der Waals surface area (Å²) in [6, 6.07) is 10.6. The van der Waals surface area contributed by atoms with Crippen LogP contribution in [0.15, 0.2) is 51.4 Å². The van der Waals surface area contributed by atoms with E-state index < -0.39 is 5.69 Å². The molecule has 1 saturated heterocycles. The van der Waals surface area contributed by atoms with Crippen LogP contribution in [0, 0.1) is 11.8 Å². The summed E-state index contributed by atoms with van der Waals surface area (Å²) in [6.45, 7) is 5.66. The fourth-order valence-corrected chi connectivity index (χ4v) is 4.97. The van der Waals surface area contributed by atoms with E-state index in [0.717, 1.165) is 11.0 Å². The lowest BCUT2D eigenvalue weighted by Crippen LogP contribution is -2.46. The molecule has 146 valence electrons. The lowest BCUT2D eigenvalue weighted by molar-refractivity contribution is -0.134. The smallest absolute Gasteiger partial charge is 0.336 e. The van der Waals surface area contributed by atoms with Gasteiger partial charge in [0.15, 0.2) is 0 Å². The van der Waals surface area contributed by atoms with E-state index >= 15 is 0 Å². The Balaban J connectivity index is 1.79. The molecular formula is C21H23N3O3S. The zero-order valence-corrected chi connectivity index (χ0v) is 16.8. The van der Waals surface area contributed by atoms with E-state index in [0.29, 0.717) is 40.8 Å². The van der Waals surface area contributed by atoms with Crippen molar-refractivity contribution in [3.8, 4) is 5.69 Å². The second kappa shape index (κ2) is 7.39. The number of fused-ring (bicyclic) bond motifs is 1. The van der Waals surface area contributed by atoms with Crippen molar-refractivity contribution in [2.45, 2.75) is 26.8 Å². The largest absolute Gasteiger partial charge is 0.341 e. The monoisotopic (exact) mass is 397 g/mol. The van der Waals surface area contributed by atoms with Crippen molar-refractivity contribution in [2.24, 2.45) is 11.8 Å². The first-order chi connectivity index (χ1) is 13.5. The average Bonchev–Trinajstić information content (AvgIpc) is 3.15. The predicted octanol–water partition coefficient (Wildman–Crippen LogP) is 2.72. The molecule has 3 heterocycles. The van der Waals surface area contributed by atoms with Crippen molar-refractivity contribution >= 4 is 27.5 Å². The second-order valence-electron chi connectivity index (χ2n) is 7.72. The van der Waals surface area contributed by atoms with Crippen LogP contribution in [0.3, 0.4) is 0 Å². The molecule has 0 spiro atoms. The molecule has 0 aliphatic carbocycles. The normalized spacial score (nSPS) is 19.9. The summed E-state index contributed by atoms with van der Waals surface area (Å²) in [5.74, 6) is 0.819. The molecule has 1 aliphatic heterocycles. The van der Waals surface area contributed by atoms with Gasteiger partial charge in [-0.05, 0) is 41.8 Å². The van der Waals surface area contributed by atoms with Crippen molar-refractivity contribution in [1.82, 2.24) is 14.0 Å². The molecule has 28 heavy (non-hydrogen) atoms. The Hall–Kier alpha value is -2.67. The minimum atomic E-state index is -0.478. The summed E-state index contributed by atoms with van der Waals surface area (Å²) in [6.07, 6.45) is 1.11. The van der Waals surface area contributed by atoms with Gasteiger partial charge < -0.3 is 4.90 Å². The Kier molecular flexibility index (Phi) is 4.93. The van der Waals surface area contributed by atoms with Crippen LogP contribution in [0.4, 0.5) is 0 Å². The first kappa shape index (κ1) is 18.7. The van der Waals surface area contributed by atoms with E-state index in [1.165, 1.54) is 15.9 Å². The molecule has 6 nitrogen and oxygen atoms in total. The number of amides is 1. The summed E-state index contributed by atoms with van der Waals surface area (Å²) >= 11 is 1.29. The molecule has 1 aromatic carbocycles. The highest BCUT2D eigenvalue weighted by Gasteiger charge is 2.26. The minimum Gasteiger partial charge on any atom is -0.341 e. The van der Waals surface area contributed by atoms with Gasteiger partial charge in [0.1, 0.15) is 11.2 Å². The molecule has 4 rings (SSSR count). The minimum absolute atomic E-state index is 0.0569. The maximum atomic E-state index is 13.2.